The van der Waals surface area contributed by atoms with Gasteiger partial charge < -0.3 is 10.2 Å². The molecule has 0 unspecified atom stereocenters. The highest BCUT2D eigenvalue weighted by Gasteiger charge is 2.14. The minimum atomic E-state index is 0.0897. The van der Waals surface area contributed by atoms with Gasteiger partial charge in [-0.15, -0.1) is 0 Å². The summed E-state index contributed by atoms with van der Waals surface area (Å²) in [5.74, 6) is 0.750. The number of nitrogens with two attached hydrogens (primary N) is 1. The van der Waals surface area contributed by atoms with Crippen molar-refractivity contribution in [2.75, 3.05) is 6.54 Å². The van der Waals surface area contributed by atoms with E-state index in [2.05, 4.69) is 4.98 Å². The van der Waals surface area contributed by atoms with Gasteiger partial charge in [0, 0.05) is 17.4 Å². The van der Waals surface area contributed by atoms with Crippen LogP contribution < -0.4 is 5.73 Å². The predicted molar refractivity (Wildman–Crippen MR) is 82.1 cm³/mol. The standard InChI is InChI=1S/C17H16N2O2/c18-9-3-7-16(20)13-11-15(17-8-4-10-21-17)19-14-6-2-1-5-12(13)14/h1-2,4-6,8,10-11H,3,7,9,18H2. The first-order valence-corrected chi connectivity index (χ1v) is 6.96. The van der Waals surface area contributed by atoms with E-state index in [0.29, 0.717) is 36.4 Å². The molecule has 4 nitrogen and oxygen atoms in total. The van der Waals surface area contributed by atoms with Crippen LogP contribution in [0.5, 0.6) is 0 Å². The summed E-state index contributed by atoms with van der Waals surface area (Å²) in [5.41, 5.74) is 7.65. The van der Waals surface area contributed by atoms with E-state index in [-0.39, 0.29) is 5.78 Å². The van der Waals surface area contributed by atoms with Crippen LogP contribution in [-0.4, -0.2) is 17.3 Å². The summed E-state index contributed by atoms with van der Waals surface area (Å²) in [6, 6.07) is 13.1. The highest BCUT2D eigenvalue weighted by Crippen LogP contribution is 2.26. The first kappa shape index (κ1) is 13.5. The van der Waals surface area contributed by atoms with Gasteiger partial charge >= 0.3 is 0 Å². The van der Waals surface area contributed by atoms with Crippen LogP contribution in [0, 0.1) is 0 Å². The summed E-state index contributed by atoms with van der Waals surface area (Å²) in [5, 5.41) is 0.870. The van der Waals surface area contributed by atoms with Crippen molar-refractivity contribution >= 4 is 16.7 Å². The summed E-state index contributed by atoms with van der Waals surface area (Å²) in [4.78, 5) is 17.0. The zero-order valence-corrected chi connectivity index (χ0v) is 11.6. The molecule has 3 rings (SSSR count). The van der Waals surface area contributed by atoms with Crippen molar-refractivity contribution in [2.45, 2.75) is 12.8 Å². The molecule has 1 aromatic carbocycles. The molecule has 2 heterocycles. The van der Waals surface area contributed by atoms with E-state index in [1.54, 1.807) is 12.3 Å². The van der Waals surface area contributed by atoms with E-state index < -0.39 is 0 Å². The third-order valence-corrected chi connectivity index (χ3v) is 3.40. The van der Waals surface area contributed by atoms with Gasteiger partial charge in [0.2, 0.25) is 0 Å². The molecule has 2 N–H and O–H groups in total. The van der Waals surface area contributed by atoms with E-state index in [0.717, 1.165) is 10.9 Å². The first-order chi connectivity index (χ1) is 10.3. The molecular formula is C17H16N2O2. The van der Waals surface area contributed by atoms with E-state index in [1.165, 1.54) is 0 Å². The number of Topliss-reactive ketones (excluding diaryl/α,β-unsaturated/α-hetero) is 1. The number of benzene rings is 1. The summed E-state index contributed by atoms with van der Waals surface area (Å²) in [6.45, 7) is 0.514. The maximum Gasteiger partial charge on any atom is 0.163 e. The number of hydrogen-bond acceptors (Lipinski definition) is 4. The molecule has 0 aliphatic heterocycles. The summed E-state index contributed by atoms with van der Waals surface area (Å²) >= 11 is 0. The quantitative estimate of drug-likeness (QED) is 0.727. The van der Waals surface area contributed by atoms with Gasteiger partial charge in [-0.05, 0) is 37.2 Å². The largest absolute Gasteiger partial charge is 0.463 e. The lowest BCUT2D eigenvalue weighted by Crippen LogP contribution is -2.06. The average molecular weight is 280 g/mol. The van der Waals surface area contributed by atoms with Crippen LogP contribution in [0.3, 0.4) is 0 Å². The number of furan rings is 1. The number of aromatic nitrogens is 1. The van der Waals surface area contributed by atoms with Gasteiger partial charge in [-0.1, -0.05) is 18.2 Å². The topological polar surface area (TPSA) is 69.1 Å². The Balaban J connectivity index is 2.14. The highest BCUT2D eigenvalue weighted by molar-refractivity contribution is 6.08. The fourth-order valence-electron chi connectivity index (χ4n) is 2.35. The smallest absolute Gasteiger partial charge is 0.163 e. The fourth-order valence-corrected chi connectivity index (χ4v) is 2.35. The fraction of sp³-hybridized carbons (Fsp3) is 0.176. The Morgan fingerprint density at radius 2 is 2.05 bits per heavy atom. The molecule has 106 valence electrons. The lowest BCUT2D eigenvalue weighted by Gasteiger charge is -2.07. The van der Waals surface area contributed by atoms with Gasteiger partial charge in [-0.3, -0.25) is 4.79 Å². The van der Waals surface area contributed by atoms with Crippen molar-refractivity contribution in [3.8, 4) is 11.5 Å². The van der Waals surface area contributed by atoms with Crippen molar-refractivity contribution in [1.29, 1.82) is 0 Å². The Hall–Kier alpha value is -2.46. The number of carbonyl (C=O) groups is 1. The van der Waals surface area contributed by atoms with Crippen LogP contribution in [0.15, 0.2) is 53.1 Å². The lowest BCUT2D eigenvalue weighted by atomic mass is 10.0. The van der Waals surface area contributed by atoms with Crippen LogP contribution >= 0.6 is 0 Å². The van der Waals surface area contributed by atoms with Gasteiger partial charge in [0.15, 0.2) is 11.5 Å². The van der Waals surface area contributed by atoms with Gasteiger partial charge in [-0.25, -0.2) is 4.98 Å². The van der Waals surface area contributed by atoms with Crippen molar-refractivity contribution in [1.82, 2.24) is 4.98 Å². The van der Waals surface area contributed by atoms with E-state index in [4.69, 9.17) is 10.2 Å². The number of rotatable bonds is 5. The zero-order valence-electron chi connectivity index (χ0n) is 11.6. The van der Waals surface area contributed by atoms with E-state index in [1.807, 2.05) is 36.4 Å². The molecule has 0 saturated carbocycles. The Bertz CT molecular complexity index is 764. The molecule has 0 saturated heterocycles. The van der Waals surface area contributed by atoms with Gasteiger partial charge in [0.25, 0.3) is 0 Å². The molecule has 0 fully saturated rings. The summed E-state index contributed by atoms with van der Waals surface area (Å²) in [7, 11) is 0. The second kappa shape index (κ2) is 5.89. The molecule has 0 bridgehead atoms. The van der Waals surface area contributed by atoms with Gasteiger partial charge in [0.1, 0.15) is 5.69 Å². The van der Waals surface area contributed by atoms with Crippen LogP contribution in [0.1, 0.15) is 23.2 Å². The lowest BCUT2D eigenvalue weighted by molar-refractivity contribution is 0.0982. The number of para-hydroxylation sites is 1. The minimum Gasteiger partial charge on any atom is -0.463 e. The Morgan fingerprint density at radius 1 is 1.19 bits per heavy atom. The third kappa shape index (κ3) is 2.71. The normalized spacial score (nSPS) is 10.9. The highest BCUT2D eigenvalue weighted by atomic mass is 16.3. The molecule has 0 amide bonds. The molecule has 0 aliphatic carbocycles. The van der Waals surface area contributed by atoms with Gasteiger partial charge in [-0.2, -0.15) is 0 Å². The zero-order chi connectivity index (χ0) is 14.7. The average Bonchev–Trinajstić information content (AvgIpc) is 3.06. The second-order valence-electron chi connectivity index (χ2n) is 4.86. The molecule has 0 aliphatic rings. The molecule has 0 radical (unpaired) electrons. The molecule has 0 spiro atoms. The number of hydrogen-bond donors (Lipinski definition) is 1. The Kier molecular flexibility index (Phi) is 3.79. The number of carbonyl (C=O) groups excluding carboxylic acids is 1. The minimum absolute atomic E-state index is 0.0897. The molecular weight excluding hydrogens is 264 g/mol. The first-order valence-electron chi connectivity index (χ1n) is 6.96. The predicted octanol–water partition coefficient (Wildman–Crippen LogP) is 3.42. The Labute approximate surface area is 122 Å². The number of nitrogens with zero attached hydrogens (tertiary/aromatic N) is 1. The number of fused-ring (bicyclic) bond motifs is 1. The molecule has 2 aromatic heterocycles. The molecule has 0 atom stereocenters. The van der Waals surface area contributed by atoms with Crippen molar-refractivity contribution in [3.05, 3.63) is 54.3 Å². The Morgan fingerprint density at radius 3 is 2.81 bits per heavy atom. The SMILES string of the molecule is NCCCC(=O)c1cc(-c2ccco2)nc2ccccc12. The molecule has 4 heteroatoms. The van der Waals surface area contributed by atoms with Crippen molar-refractivity contribution in [3.63, 3.8) is 0 Å². The monoisotopic (exact) mass is 280 g/mol. The second-order valence-corrected chi connectivity index (χ2v) is 4.86. The van der Waals surface area contributed by atoms with Crippen molar-refractivity contribution < 1.29 is 9.21 Å². The van der Waals surface area contributed by atoms with Gasteiger partial charge in [0.05, 0.1) is 11.8 Å². The summed E-state index contributed by atoms with van der Waals surface area (Å²) in [6.07, 6.45) is 2.73. The van der Waals surface area contributed by atoms with E-state index >= 15 is 0 Å². The van der Waals surface area contributed by atoms with E-state index in [9.17, 15) is 4.79 Å². The molecule has 21 heavy (non-hydrogen) atoms. The van der Waals surface area contributed by atoms with Crippen LogP contribution in [-0.2, 0) is 0 Å². The summed E-state index contributed by atoms with van der Waals surface area (Å²) < 4.78 is 5.39. The maximum absolute atomic E-state index is 12.4. The maximum atomic E-state index is 12.4. The third-order valence-electron chi connectivity index (χ3n) is 3.40. The van der Waals surface area contributed by atoms with Crippen LogP contribution in [0.4, 0.5) is 0 Å². The van der Waals surface area contributed by atoms with Crippen molar-refractivity contribution in [2.24, 2.45) is 5.73 Å². The molecule has 3 aromatic rings. The van der Waals surface area contributed by atoms with Crippen LogP contribution in [0.25, 0.3) is 22.4 Å². The number of pyridine rings is 1. The van der Waals surface area contributed by atoms with Crippen LogP contribution in [0.2, 0.25) is 0 Å². The number of ketones is 1.